The van der Waals surface area contributed by atoms with Crippen molar-refractivity contribution in [1.29, 1.82) is 0 Å². The first-order valence-corrected chi connectivity index (χ1v) is 9.25. The first kappa shape index (κ1) is 16.3. The molecule has 2 aromatic carbocycles. The Balaban J connectivity index is 1.63. The van der Waals surface area contributed by atoms with E-state index in [2.05, 4.69) is 16.4 Å². The molecule has 1 heterocycles. The number of nitrogens with zero attached hydrogens (tertiary/aromatic N) is 1. The van der Waals surface area contributed by atoms with Gasteiger partial charge in [-0.1, -0.05) is 41.1 Å². The molecule has 0 aliphatic heterocycles. The molecule has 0 saturated carbocycles. The second kappa shape index (κ2) is 6.91. The smallest absolute Gasteiger partial charge is 0.234 e. The van der Waals surface area contributed by atoms with Crippen molar-refractivity contribution in [3.05, 3.63) is 52.5 Å². The van der Waals surface area contributed by atoms with Crippen LogP contribution in [-0.4, -0.2) is 16.6 Å². The van der Waals surface area contributed by atoms with E-state index in [1.165, 1.54) is 17.3 Å². The Hall–Kier alpha value is -1.56. The molecular weight excluding hydrogens is 348 g/mol. The van der Waals surface area contributed by atoms with Crippen LogP contribution >= 0.6 is 34.7 Å². The fourth-order valence-electron chi connectivity index (χ4n) is 2.21. The van der Waals surface area contributed by atoms with Crippen molar-refractivity contribution in [1.82, 2.24) is 4.98 Å². The van der Waals surface area contributed by atoms with E-state index in [9.17, 15) is 4.79 Å². The van der Waals surface area contributed by atoms with Crippen molar-refractivity contribution in [3.63, 3.8) is 0 Å². The van der Waals surface area contributed by atoms with Gasteiger partial charge in [-0.2, -0.15) is 0 Å². The Morgan fingerprint density at radius 2 is 2.09 bits per heavy atom. The quantitative estimate of drug-likeness (QED) is 0.640. The molecule has 3 aromatic rings. The summed E-state index contributed by atoms with van der Waals surface area (Å²) in [5.74, 6) is 0.306. The van der Waals surface area contributed by atoms with Gasteiger partial charge in [-0.15, -0.1) is 11.3 Å². The van der Waals surface area contributed by atoms with Gasteiger partial charge in [-0.05, 0) is 43.7 Å². The molecule has 0 radical (unpaired) electrons. The molecule has 0 unspecified atom stereocenters. The molecule has 0 atom stereocenters. The number of aromatic nitrogens is 1. The number of anilines is 1. The number of thioether (sulfide) groups is 1. The highest BCUT2D eigenvalue weighted by Gasteiger charge is 2.09. The number of carbonyl (C=O) groups is 1. The van der Waals surface area contributed by atoms with Crippen LogP contribution in [0.3, 0.4) is 0 Å². The Bertz CT molecular complexity index is 876. The zero-order chi connectivity index (χ0) is 16.4. The maximum Gasteiger partial charge on any atom is 0.234 e. The molecule has 1 N–H and O–H groups in total. The van der Waals surface area contributed by atoms with E-state index < -0.39 is 0 Å². The molecule has 118 valence electrons. The largest absolute Gasteiger partial charge is 0.325 e. The number of carbonyl (C=O) groups excluding carboxylic acids is 1. The highest BCUT2D eigenvalue weighted by Crippen LogP contribution is 2.31. The predicted octanol–water partition coefficient (Wildman–Crippen LogP) is 5.30. The highest BCUT2D eigenvalue weighted by atomic mass is 35.5. The summed E-state index contributed by atoms with van der Waals surface area (Å²) in [6.45, 7) is 4.03. The van der Waals surface area contributed by atoms with Gasteiger partial charge < -0.3 is 5.32 Å². The van der Waals surface area contributed by atoms with Crippen molar-refractivity contribution in [3.8, 4) is 0 Å². The number of aryl methyl sites for hydroxylation is 2. The molecular formula is C17H15ClN2OS2. The van der Waals surface area contributed by atoms with E-state index in [4.69, 9.17) is 11.6 Å². The van der Waals surface area contributed by atoms with Gasteiger partial charge in [0.05, 0.1) is 16.0 Å². The normalized spacial score (nSPS) is 10.9. The van der Waals surface area contributed by atoms with Gasteiger partial charge >= 0.3 is 0 Å². The lowest BCUT2D eigenvalue weighted by Crippen LogP contribution is -2.14. The monoisotopic (exact) mass is 362 g/mol. The van der Waals surface area contributed by atoms with E-state index in [-0.39, 0.29) is 5.91 Å². The van der Waals surface area contributed by atoms with Gasteiger partial charge in [-0.25, -0.2) is 4.98 Å². The molecule has 1 amide bonds. The average molecular weight is 363 g/mol. The van der Waals surface area contributed by atoms with E-state index >= 15 is 0 Å². The lowest BCUT2D eigenvalue weighted by atomic mass is 10.1. The summed E-state index contributed by atoms with van der Waals surface area (Å²) in [4.78, 5) is 16.6. The van der Waals surface area contributed by atoms with Gasteiger partial charge in [0.15, 0.2) is 4.34 Å². The Kier molecular flexibility index (Phi) is 4.90. The fourth-order valence-corrected chi connectivity index (χ4v) is 4.22. The number of hydrogen-bond donors (Lipinski definition) is 1. The summed E-state index contributed by atoms with van der Waals surface area (Å²) < 4.78 is 1.95. The summed E-state index contributed by atoms with van der Waals surface area (Å²) in [5, 5.41) is 3.62. The summed E-state index contributed by atoms with van der Waals surface area (Å²) in [6.07, 6.45) is 0. The molecule has 0 aliphatic rings. The average Bonchev–Trinajstić information content (AvgIpc) is 2.90. The van der Waals surface area contributed by atoms with Crippen LogP contribution < -0.4 is 5.32 Å². The van der Waals surface area contributed by atoms with Crippen LogP contribution in [0.4, 0.5) is 5.69 Å². The number of amides is 1. The number of rotatable bonds is 4. The summed E-state index contributed by atoms with van der Waals surface area (Å²) in [5.41, 5.74) is 3.98. The van der Waals surface area contributed by atoms with Crippen LogP contribution in [0.2, 0.25) is 5.02 Å². The van der Waals surface area contributed by atoms with Crippen LogP contribution in [0.1, 0.15) is 11.1 Å². The lowest BCUT2D eigenvalue weighted by Gasteiger charge is -2.08. The van der Waals surface area contributed by atoms with Crippen LogP contribution in [0.25, 0.3) is 10.2 Å². The minimum Gasteiger partial charge on any atom is -0.325 e. The first-order chi connectivity index (χ1) is 11.0. The molecule has 1 aromatic heterocycles. The molecule has 3 nitrogen and oxygen atoms in total. The number of fused-ring (bicyclic) bond motifs is 1. The minimum atomic E-state index is -0.0285. The van der Waals surface area contributed by atoms with Crippen LogP contribution in [0, 0.1) is 13.8 Å². The van der Waals surface area contributed by atoms with Gasteiger partial charge in [0, 0.05) is 10.7 Å². The lowest BCUT2D eigenvalue weighted by molar-refractivity contribution is -0.113. The maximum absolute atomic E-state index is 12.1. The maximum atomic E-state index is 12.1. The van der Waals surface area contributed by atoms with Crippen molar-refractivity contribution >= 4 is 56.5 Å². The molecule has 6 heteroatoms. The molecule has 0 fully saturated rings. The molecule has 23 heavy (non-hydrogen) atoms. The van der Waals surface area contributed by atoms with Gasteiger partial charge in [0.2, 0.25) is 5.91 Å². The highest BCUT2D eigenvalue weighted by molar-refractivity contribution is 8.01. The molecule has 0 spiro atoms. The summed E-state index contributed by atoms with van der Waals surface area (Å²) in [6, 6.07) is 11.6. The predicted molar refractivity (Wildman–Crippen MR) is 99.9 cm³/mol. The fraction of sp³-hybridized carbons (Fsp3) is 0.176. The van der Waals surface area contributed by atoms with E-state index in [1.54, 1.807) is 11.3 Å². The van der Waals surface area contributed by atoms with Crippen LogP contribution in [0.15, 0.2) is 40.7 Å². The third-order valence-corrected chi connectivity index (χ3v) is 5.73. The van der Waals surface area contributed by atoms with Crippen molar-refractivity contribution < 1.29 is 4.79 Å². The van der Waals surface area contributed by atoms with Crippen molar-refractivity contribution in [2.24, 2.45) is 0 Å². The van der Waals surface area contributed by atoms with Crippen LogP contribution in [0.5, 0.6) is 0 Å². The Labute approximate surface area is 148 Å². The van der Waals surface area contributed by atoms with E-state index in [0.717, 1.165) is 25.8 Å². The molecule has 3 rings (SSSR count). The molecule has 0 bridgehead atoms. The number of hydrogen-bond acceptors (Lipinski definition) is 4. The molecule has 0 aliphatic carbocycles. The van der Waals surface area contributed by atoms with Gasteiger partial charge in [-0.3, -0.25) is 4.79 Å². The SMILES string of the molecule is Cc1ccc(NC(=O)CSc2nc3cc(Cl)ccc3s2)c(C)c1. The zero-order valence-corrected chi connectivity index (χ0v) is 15.1. The standard InChI is InChI=1S/C17H15ClN2OS2/c1-10-3-5-13(11(2)7-10)19-16(21)9-22-17-20-14-8-12(18)4-6-15(14)23-17/h3-8H,9H2,1-2H3,(H,19,21). The second-order valence-corrected chi connectivity index (χ2v) is 7.94. The summed E-state index contributed by atoms with van der Waals surface area (Å²) >= 11 is 8.98. The Morgan fingerprint density at radius 3 is 2.87 bits per heavy atom. The van der Waals surface area contributed by atoms with Crippen molar-refractivity contribution in [2.75, 3.05) is 11.1 Å². The molecule has 0 saturated heterocycles. The zero-order valence-electron chi connectivity index (χ0n) is 12.7. The summed E-state index contributed by atoms with van der Waals surface area (Å²) in [7, 11) is 0. The number of halogens is 1. The Morgan fingerprint density at radius 1 is 1.26 bits per heavy atom. The van der Waals surface area contributed by atoms with E-state index in [1.807, 2.05) is 44.2 Å². The van der Waals surface area contributed by atoms with Crippen molar-refractivity contribution in [2.45, 2.75) is 18.2 Å². The third kappa shape index (κ3) is 4.05. The van der Waals surface area contributed by atoms with Gasteiger partial charge in [0.25, 0.3) is 0 Å². The first-order valence-electron chi connectivity index (χ1n) is 7.07. The second-order valence-electron chi connectivity index (χ2n) is 5.25. The van der Waals surface area contributed by atoms with Gasteiger partial charge in [0.1, 0.15) is 0 Å². The number of nitrogens with one attached hydrogen (secondary N) is 1. The van der Waals surface area contributed by atoms with Crippen LogP contribution in [-0.2, 0) is 4.79 Å². The number of thiazole rings is 1. The minimum absolute atomic E-state index is 0.0285. The number of benzene rings is 2. The van der Waals surface area contributed by atoms with E-state index in [0.29, 0.717) is 10.8 Å². The third-order valence-electron chi connectivity index (χ3n) is 3.31. The topological polar surface area (TPSA) is 42.0 Å².